The van der Waals surface area contributed by atoms with Crippen molar-refractivity contribution in [1.29, 1.82) is 0 Å². The Morgan fingerprint density at radius 3 is 2.53 bits per heavy atom. The predicted molar refractivity (Wildman–Crippen MR) is 133 cm³/mol. The average molecular weight is 477 g/mol. The molecule has 0 aromatic heterocycles. The molecule has 3 saturated carbocycles. The molecule has 4 aliphatic rings. The van der Waals surface area contributed by atoms with E-state index in [0.717, 1.165) is 25.7 Å². The van der Waals surface area contributed by atoms with E-state index in [4.69, 9.17) is 4.74 Å². The fraction of sp³-hybridized carbons (Fsp3) is 0.897. The van der Waals surface area contributed by atoms with E-state index in [1.165, 1.54) is 38.2 Å². The van der Waals surface area contributed by atoms with Crippen LogP contribution in [0.2, 0.25) is 0 Å². The van der Waals surface area contributed by atoms with Crippen molar-refractivity contribution in [2.75, 3.05) is 6.61 Å². The maximum atomic E-state index is 11.6. The number of rotatable bonds is 7. The summed E-state index contributed by atoms with van der Waals surface area (Å²) in [5, 5.41) is 33.0. The first-order chi connectivity index (χ1) is 15.9. The third-order valence-electron chi connectivity index (χ3n) is 10.9. The Bertz CT molecular complexity index is 793. The van der Waals surface area contributed by atoms with Crippen LogP contribution in [-0.2, 0) is 9.53 Å². The zero-order valence-electron chi connectivity index (χ0n) is 22.1. The predicted octanol–water partition coefficient (Wildman–Crippen LogP) is 5.02. The second-order valence-corrected chi connectivity index (χ2v) is 13.0. The first-order valence-electron chi connectivity index (χ1n) is 13.9. The summed E-state index contributed by atoms with van der Waals surface area (Å²) < 4.78 is 5.17. The van der Waals surface area contributed by atoms with Gasteiger partial charge in [-0.3, -0.25) is 4.79 Å². The molecule has 0 aromatic rings. The molecule has 4 aliphatic carbocycles. The van der Waals surface area contributed by atoms with Crippen molar-refractivity contribution < 1.29 is 24.9 Å². The van der Waals surface area contributed by atoms with Gasteiger partial charge < -0.3 is 20.1 Å². The van der Waals surface area contributed by atoms with Crippen LogP contribution in [-0.4, -0.2) is 45.7 Å². The molecule has 5 heteroatoms. The maximum Gasteiger partial charge on any atom is 0.302 e. The van der Waals surface area contributed by atoms with Gasteiger partial charge in [-0.15, -0.1) is 0 Å². The SMILES string of the molecule is CC(=O)OCC(C)CCC[C@@H](C)[C@H]1CC[C@H]2C3=C[C@@H](O)[C@@]4(O)C[C@@H](O)CC[C@]4(C)[C@H]3CC[C@]12C. The molecule has 0 aromatic carbocycles. The molecule has 4 rings (SSSR count). The largest absolute Gasteiger partial charge is 0.466 e. The lowest BCUT2D eigenvalue weighted by Crippen LogP contribution is -2.65. The monoisotopic (exact) mass is 476 g/mol. The third kappa shape index (κ3) is 4.28. The highest BCUT2D eigenvalue weighted by molar-refractivity contribution is 5.65. The number of esters is 1. The molecule has 0 bridgehead atoms. The number of aliphatic hydroxyl groups is 3. The van der Waals surface area contributed by atoms with Crippen LogP contribution in [0, 0.1) is 40.4 Å². The van der Waals surface area contributed by atoms with Crippen LogP contribution in [0.3, 0.4) is 0 Å². The summed E-state index contributed by atoms with van der Waals surface area (Å²) >= 11 is 0. The van der Waals surface area contributed by atoms with Gasteiger partial charge >= 0.3 is 5.97 Å². The first-order valence-corrected chi connectivity index (χ1v) is 13.9. The van der Waals surface area contributed by atoms with Crippen LogP contribution >= 0.6 is 0 Å². The summed E-state index contributed by atoms with van der Waals surface area (Å²) in [5.41, 5.74) is 0.0826. The molecule has 1 unspecified atom stereocenters. The Morgan fingerprint density at radius 2 is 1.82 bits per heavy atom. The van der Waals surface area contributed by atoms with E-state index in [1.807, 2.05) is 6.08 Å². The maximum absolute atomic E-state index is 11.6. The van der Waals surface area contributed by atoms with Gasteiger partial charge in [0, 0.05) is 18.8 Å². The molecular weight excluding hydrogens is 428 g/mol. The molecule has 0 spiro atoms. The highest BCUT2D eigenvalue weighted by Crippen LogP contribution is 2.67. The van der Waals surface area contributed by atoms with Crippen molar-refractivity contribution in [3.63, 3.8) is 0 Å². The molecule has 0 saturated heterocycles. The number of hydrogen-bond donors (Lipinski definition) is 3. The minimum Gasteiger partial charge on any atom is -0.466 e. The van der Waals surface area contributed by atoms with Crippen molar-refractivity contribution in [3.05, 3.63) is 11.6 Å². The molecule has 3 N–H and O–H groups in total. The highest BCUT2D eigenvalue weighted by atomic mass is 16.5. The lowest BCUT2D eigenvalue weighted by Gasteiger charge is -2.62. The molecule has 34 heavy (non-hydrogen) atoms. The number of carbonyl (C=O) groups is 1. The average Bonchev–Trinajstić information content (AvgIpc) is 3.12. The zero-order chi connectivity index (χ0) is 24.9. The molecule has 10 atom stereocenters. The van der Waals surface area contributed by atoms with Crippen molar-refractivity contribution >= 4 is 5.97 Å². The fourth-order valence-corrected chi connectivity index (χ4v) is 8.85. The Balaban J connectivity index is 1.44. The summed E-state index contributed by atoms with van der Waals surface area (Å²) in [6, 6.07) is 0. The van der Waals surface area contributed by atoms with Gasteiger partial charge in [-0.2, -0.15) is 0 Å². The minimum absolute atomic E-state index is 0.195. The number of hydrogen-bond acceptors (Lipinski definition) is 5. The lowest BCUT2D eigenvalue weighted by molar-refractivity contribution is -0.210. The highest BCUT2D eigenvalue weighted by Gasteiger charge is 2.64. The molecule has 0 aliphatic heterocycles. The van der Waals surface area contributed by atoms with Gasteiger partial charge in [0.2, 0.25) is 0 Å². The Morgan fingerprint density at radius 1 is 1.09 bits per heavy atom. The van der Waals surface area contributed by atoms with Gasteiger partial charge in [-0.05, 0) is 80.0 Å². The molecule has 0 heterocycles. The van der Waals surface area contributed by atoms with E-state index in [-0.39, 0.29) is 23.2 Å². The Kier molecular flexibility index (Phi) is 7.32. The molecule has 3 fully saturated rings. The van der Waals surface area contributed by atoms with Crippen molar-refractivity contribution in [2.24, 2.45) is 40.4 Å². The summed E-state index contributed by atoms with van der Waals surface area (Å²) in [5.74, 6) is 2.34. The van der Waals surface area contributed by atoms with E-state index in [1.54, 1.807) is 0 Å². The van der Waals surface area contributed by atoms with Crippen LogP contribution in [0.4, 0.5) is 0 Å². The number of aliphatic hydroxyl groups excluding tert-OH is 2. The Hall–Kier alpha value is -0.910. The molecule has 0 amide bonds. The van der Waals surface area contributed by atoms with E-state index in [9.17, 15) is 20.1 Å². The first kappa shape index (κ1) is 26.2. The number of allylic oxidation sites excluding steroid dienone is 1. The summed E-state index contributed by atoms with van der Waals surface area (Å²) in [7, 11) is 0. The molecule has 5 nitrogen and oxygen atoms in total. The lowest BCUT2D eigenvalue weighted by atomic mass is 9.45. The zero-order valence-corrected chi connectivity index (χ0v) is 22.1. The van der Waals surface area contributed by atoms with Gasteiger partial charge in [0.1, 0.15) is 11.7 Å². The van der Waals surface area contributed by atoms with E-state index in [2.05, 4.69) is 27.7 Å². The van der Waals surface area contributed by atoms with Crippen molar-refractivity contribution in [3.8, 4) is 0 Å². The Labute approximate surface area is 206 Å². The number of carbonyl (C=O) groups excluding carboxylic acids is 1. The van der Waals surface area contributed by atoms with E-state index in [0.29, 0.717) is 42.6 Å². The third-order valence-corrected chi connectivity index (χ3v) is 10.9. The second kappa shape index (κ2) is 9.52. The normalized spacial score (nSPS) is 45.4. The second-order valence-electron chi connectivity index (χ2n) is 13.0. The van der Waals surface area contributed by atoms with E-state index >= 15 is 0 Å². The molecule has 194 valence electrons. The van der Waals surface area contributed by atoms with Crippen LogP contribution in [0.5, 0.6) is 0 Å². The summed E-state index contributed by atoms with van der Waals surface area (Å²) in [4.78, 5) is 11.1. The van der Waals surface area contributed by atoms with Gasteiger partial charge in [0.25, 0.3) is 0 Å². The van der Waals surface area contributed by atoms with Gasteiger partial charge in [0.15, 0.2) is 0 Å². The molecular formula is C29H48O5. The van der Waals surface area contributed by atoms with Crippen LogP contribution in [0.1, 0.15) is 98.8 Å². The van der Waals surface area contributed by atoms with Crippen LogP contribution < -0.4 is 0 Å². The summed E-state index contributed by atoms with van der Waals surface area (Å²) in [6.45, 7) is 11.2. The standard InChI is InChI=1S/C29H48O5/c1-18(17-34-20(3)30)7-6-8-19(2)23-9-10-24-22-15-26(32)29(33)16-21(31)11-14-28(29,5)25(22)12-13-27(23,24)4/h15,18-19,21,23-26,31-33H,6-14,16-17H2,1-5H3/t18?,19-,21+,23-,24+,25+,26-,27-,28-,29+/m1/s1. The van der Waals surface area contributed by atoms with Gasteiger partial charge in [-0.1, -0.05) is 52.2 Å². The van der Waals surface area contributed by atoms with Crippen LogP contribution in [0.25, 0.3) is 0 Å². The quantitative estimate of drug-likeness (QED) is 0.355. The summed E-state index contributed by atoms with van der Waals surface area (Å²) in [6.07, 6.45) is 10.5. The molecule has 0 radical (unpaired) electrons. The fourth-order valence-electron chi connectivity index (χ4n) is 8.85. The van der Waals surface area contributed by atoms with Crippen LogP contribution in [0.15, 0.2) is 11.6 Å². The van der Waals surface area contributed by atoms with Crippen molar-refractivity contribution in [1.82, 2.24) is 0 Å². The topological polar surface area (TPSA) is 87.0 Å². The van der Waals surface area contributed by atoms with Gasteiger partial charge in [0.05, 0.1) is 12.7 Å². The van der Waals surface area contributed by atoms with E-state index < -0.39 is 17.8 Å². The minimum atomic E-state index is -1.22. The number of ether oxygens (including phenoxy) is 1. The van der Waals surface area contributed by atoms with Gasteiger partial charge in [-0.25, -0.2) is 0 Å². The smallest absolute Gasteiger partial charge is 0.302 e. The number of fused-ring (bicyclic) bond motifs is 5. The van der Waals surface area contributed by atoms with Crippen molar-refractivity contribution in [2.45, 2.75) is 117 Å².